The maximum atomic E-state index is 13.0. The van der Waals surface area contributed by atoms with E-state index in [2.05, 4.69) is 55.8 Å². The Balaban J connectivity index is 0.000000134. The predicted molar refractivity (Wildman–Crippen MR) is 254 cm³/mol. The molecule has 66 heavy (non-hydrogen) atoms. The molecule has 0 aliphatic carbocycles. The molecule has 6 aromatic heterocycles. The number of halogens is 3. The molecule has 0 radical (unpaired) electrons. The van der Waals surface area contributed by atoms with E-state index in [1.54, 1.807) is 44.8 Å². The molecule has 19 nitrogen and oxygen atoms in total. The van der Waals surface area contributed by atoms with Gasteiger partial charge in [0.1, 0.15) is 28.8 Å². The minimum atomic E-state index is -0.487. The van der Waals surface area contributed by atoms with Crippen LogP contribution in [0.2, 0.25) is 5.15 Å². The average molecular weight is 923 g/mol. The smallest absolute Gasteiger partial charge is 0.274 e. The zero-order valence-electron chi connectivity index (χ0n) is 36.5. The van der Waals surface area contributed by atoms with Gasteiger partial charge in [-0.1, -0.05) is 21.6 Å². The number of nitrogens with zero attached hydrogens (tertiary/aromatic N) is 13. The highest BCUT2D eigenvalue weighted by atomic mass is 35.5. The van der Waals surface area contributed by atoms with Crippen LogP contribution in [0.3, 0.4) is 0 Å². The highest BCUT2D eigenvalue weighted by Gasteiger charge is 2.19. The Morgan fingerprint density at radius 2 is 1.06 bits per heavy atom. The van der Waals surface area contributed by atoms with Crippen molar-refractivity contribution in [3.05, 3.63) is 121 Å². The summed E-state index contributed by atoms with van der Waals surface area (Å²) in [6.45, 7) is 14.3. The summed E-state index contributed by atoms with van der Waals surface area (Å²) in [5.41, 5.74) is 1.64. The molecule has 0 bridgehead atoms. The van der Waals surface area contributed by atoms with E-state index >= 15 is 0 Å². The van der Waals surface area contributed by atoms with Crippen molar-refractivity contribution in [2.45, 2.75) is 38.9 Å². The SMILES string of the molecule is C1CNCCN1.CC1C=NC=N1.CC1C=[N+](c2cc(=O)n3cc(F)ccc3n2)C=N1.CC1C=[N+](c2cc(=O)n3cc(N4CCNCC4)ccc3n2)C=N1.O=c1cc(Cl)nc2ccc(F)cn12. The minimum Gasteiger partial charge on any atom is -0.368 e. The summed E-state index contributed by atoms with van der Waals surface area (Å²) in [5.74, 6) is 0.138. The molecule has 11 rings (SSSR count). The number of nitrogens with one attached hydrogen (secondary N) is 3. The van der Waals surface area contributed by atoms with Crippen LogP contribution >= 0.6 is 11.6 Å². The van der Waals surface area contributed by atoms with Crippen LogP contribution in [0, 0.1) is 11.6 Å². The third-order valence-electron chi connectivity index (χ3n) is 10.1. The molecule has 0 aromatic carbocycles. The fourth-order valence-corrected chi connectivity index (χ4v) is 6.94. The second-order valence-electron chi connectivity index (χ2n) is 15.3. The third-order valence-corrected chi connectivity index (χ3v) is 10.3. The van der Waals surface area contributed by atoms with Crippen molar-refractivity contribution >= 4 is 83.5 Å². The number of anilines is 1. The van der Waals surface area contributed by atoms with Gasteiger partial charge in [-0.3, -0.25) is 32.6 Å². The second kappa shape index (κ2) is 22.2. The third kappa shape index (κ3) is 12.6. The molecule has 5 aliphatic rings. The first-order valence-corrected chi connectivity index (χ1v) is 21.6. The summed E-state index contributed by atoms with van der Waals surface area (Å²) >= 11 is 5.55. The summed E-state index contributed by atoms with van der Waals surface area (Å²) in [4.78, 5) is 66.6. The molecular formula is C44H49ClF2N16O3+2. The fraction of sp³-hybridized carbons (Fsp3) is 0.318. The Hall–Kier alpha value is -7.07. The van der Waals surface area contributed by atoms with Crippen molar-refractivity contribution in [3.8, 4) is 0 Å². The Kier molecular flexibility index (Phi) is 15.8. The number of hydrogen-bond donors (Lipinski definition) is 3. The fourth-order valence-electron chi connectivity index (χ4n) is 6.76. The van der Waals surface area contributed by atoms with E-state index in [0.29, 0.717) is 34.6 Å². The lowest BCUT2D eigenvalue weighted by Crippen LogP contribution is -2.43. The van der Waals surface area contributed by atoms with E-state index in [-0.39, 0.29) is 28.4 Å². The number of hydrogen-bond acceptors (Lipinski definition) is 14. The van der Waals surface area contributed by atoms with Crippen LogP contribution in [0.1, 0.15) is 20.8 Å². The van der Waals surface area contributed by atoms with E-state index in [9.17, 15) is 23.2 Å². The Labute approximate surface area is 381 Å². The zero-order chi connectivity index (χ0) is 46.6. The standard InChI is InChI=1S/C16H19N6O.C12H10FN4O.C8H4ClFN2O.C4H6N2.C4H10N2/c1-12-9-21(11-18-12)15-8-16(23)22-10-13(2-3-14(22)19-15)20-6-4-17-5-7-20;1-8-5-16(7-14-8)11-4-12(18)17-6-9(13)2-3-10(17)15-11;9-6-3-8(13)12-4-5(10)1-2-7(12)11-6;1-4-2-5-3-6-4;1-2-6-4-3-5-1/h2-3,8-12,17H,4-7H2,1H3;2-8H,1H3;1-4H;2-4H,1H3;5-6H,1-4H2/q2*+1;;;. The molecule has 0 spiro atoms. The van der Waals surface area contributed by atoms with Gasteiger partial charge in [0, 0.05) is 89.2 Å². The van der Waals surface area contributed by atoms with Gasteiger partial charge in [0.15, 0.2) is 12.1 Å². The number of rotatable bonds is 3. The van der Waals surface area contributed by atoms with Gasteiger partial charge >= 0.3 is 0 Å². The normalized spacial score (nSPS) is 19.2. The van der Waals surface area contributed by atoms with E-state index < -0.39 is 17.2 Å². The number of piperazine rings is 2. The predicted octanol–water partition coefficient (Wildman–Crippen LogP) is 2.38. The van der Waals surface area contributed by atoms with Crippen molar-refractivity contribution in [2.24, 2.45) is 20.0 Å². The maximum absolute atomic E-state index is 13.0. The van der Waals surface area contributed by atoms with Crippen molar-refractivity contribution in [3.63, 3.8) is 0 Å². The van der Waals surface area contributed by atoms with Crippen LogP contribution in [0.5, 0.6) is 0 Å². The molecule has 11 heterocycles. The van der Waals surface area contributed by atoms with Gasteiger partial charge in [0.2, 0.25) is 24.0 Å². The zero-order valence-corrected chi connectivity index (χ0v) is 37.2. The maximum Gasteiger partial charge on any atom is 0.274 e. The quantitative estimate of drug-likeness (QED) is 0.175. The Morgan fingerprint density at radius 3 is 1.50 bits per heavy atom. The molecule has 0 amide bonds. The minimum absolute atomic E-state index is 0.0680. The lowest BCUT2D eigenvalue weighted by Gasteiger charge is -2.29. The number of fused-ring (bicyclic) bond motifs is 3. The van der Waals surface area contributed by atoms with Crippen LogP contribution in [-0.4, -0.2) is 145 Å². The first kappa shape index (κ1) is 46.9. The van der Waals surface area contributed by atoms with Crippen LogP contribution < -0.4 is 37.5 Å². The molecule has 22 heteroatoms. The van der Waals surface area contributed by atoms with Crippen molar-refractivity contribution in [1.29, 1.82) is 0 Å². The largest absolute Gasteiger partial charge is 0.368 e. The van der Waals surface area contributed by atoms with Gasteiger partial charge in [-0.25, -0.2) is 27.9 Å². The first-order valence-electron chi connectivity index (χ1n) is 21.2. The van der Waals surface area contributed by atoms with E-state index in [4.69, 9.17) is 11.6 Å². The van der Waals surface area contributed by atoms with Crippen LogP contribution in [0.15, 0.2) is 108 Å². The van der Waals surface area contributed by atoms with Crippen LogP contribution in [0.4, 0.5) is 26.1 Å². The Bertz CT molecular complexity index is 3040. The molecule has 5 aliphatic heterocycles. The first-order chi connectivity index (χ1) is 31.9. The molecule has 3 unspecified atom stereocenters. The molecule has 6 aromatic rings. The second-order valence-corrected chi connectivity index (χ2v) is 15.6. The lowest BCUT2D eigenvalue weighted by atomic mass is 10.3. The van der Waals surface area contributed by atoms with Crippen molar-refractivity contribution in [2.75, 3.05) is 57.3 Å². The molecule has 342 valence electrons. The van der Waals surface area contributed by atoms with Gasteiger partial charge in [0.05, 0.1) is 42.5 Å². The summed E-state index contributed by atoms with van der Waals surface area (Å²) in [6, 6.07) is 13.8. The monoisotopic (exact) mass is 922 g/mol. The van der Waals surface area contributed by atoms with Crippen LogP contribution in [-0.2, 0) is 0 Å². The van der Waals surface area contributed by atoms with Crippen molar-refractivity contribution < 1.29 is 17.9 Å². The summed E-state index contributed by atoms with van der Waals surface area (Å²) < 4.78 is 33.1. The topological polar surface area (TPSA) is 198 Å². The van der Waals surface area contributed by atoms with E-state index in [1.165, 1.54) is 34.7 Å². The van der Waals surface area contributed by atoms with Gasteiger partial charge in [-0.15, -0.1) is 9.98 Å². The van der Waals surface area contributed by atoms with Crippen molar-refractivity contribution in [1.82, 2.24) is 44.1 Å². The number of pyridine rings is 3. The molecule has 2 saturated heterocycles. The molecule has 3 atom stereocenters. The summed E-state index contributed by atoms with van der Waals surface area (Å²) in [6.07, 6.45) is 14.6. The van der Waals surface area contributed by atoms with E-state index in [1.807, 2.05) is 51.5 Å². The highest BCUT2D eigenvalue weighted by Crippen LogP contribution is 2.17. The lowest BCUT2D eigenvalue weighted by molar-refractivity contribution is -0.291. The van der Waals surface area contributed by atoms with Crippen LogP contribution in [0.25, 0.3) is 16.9 Å². The molecular weight excluding hydrogens is 874 g/mol. The molecule has 3 N–H and O–H groups in total. The number of aliphatic imine (C=N–C) groups is 4. The van der Waals surface area contributed by atoms with Gasteiger partial charge in [-0.2, -0.15) is 0 Å². The summed E-state index contributed by atoms with van der Waals surface area (Å²) in [5, 5.41) is 9.88. The van der Waals surface area contributed by atoms with Gasteiger partial charge in [-0.05, 0) is 45.0 Å². The highest BCUT2D eigenvalue weighted by molar-refractivity contribution is 6.29. The van der Waals surface area contributed by atoms with E-state index in [0.717, 1.165) is 80.9 Å². The average Bonchev–Trinajstić information content (AvgIpc) is 4.11. The van der Waals surface area contributed by atoms with Gasteiger partial charge < -0.3 is 20.9 Å². The molecule has 2 fully saturated rings. The molecule has 0 saturated carbocycles. The van der Waals surface area contributed by atoms with Gasteiger partial charge in [0.25, 0.3) is 28.3 Å². The Morgan fingerprint density at radius 1 is 0.591 bits per heavy atom. The summed E-state index contributed by atoms with van der Waals surface area (Å²) in [7, 11) is 0. The number of aromatic nitrogens is 6.